The van der Waals surface area contributed by atoms with Gasteiger partial charge in [-0.15, -0.1) is 0 Å². The fourth-order valence-corrected chi connectivity index (χ4v) is 3.80. The van der Waals surface area contributed by atoms with Gasteiger partial charge in [0.1, 0.15) is 11.8 Å². The van der Waals surface area contributed by atoms with Crippen LogP contribution in [-0.4, -0.2) is 49.1 Å². The molecule has 1 amide bonds. The summed E-state index contributed by atoms with van der Waals surface area (Å²) in [7, 11) is 1.38. The molecule has 1 fully saturated rings. The fraction of sp³-hybridized carbons (Fsp3) is 0.364. The number of methoxy groups -OCH3 is 1. The van der Waals surface area contributed by atoms with Crippen molar-refractivity contribution in [3.05, 3.63) is 64.7 Å². The maximum Gasteiger partial charge on any atom is 0.323 e. The Morgan fingerprint density at radius 3 is 2.72 bits per heavy atom. The zero-order chi connectivity index (χ0) is 20.8. The van der Waals surface area contributed by atoms with Crippen LogP contribution in [0.15, 0.2) is 48.5 Å². The molecule has 2 atom stereocenters. The standard InChI is InChI=1S/C22H25ClN2O4/c1-3-29-20-10-5-4-7-16(20)13-25-14-18(12-19(25)22(27)28-2)24-21(26)15-8-6-9-17(23)11-15/h4-11,18-19H,3,12-14H2,1-2H3,(H,24,26)/t18-,19+/m1/s1. The van der Waals surface area contributed by atoms with Gasteiger partial charge in [0.25, 0.3) is 5.91 Å². The summed E-state index contributed by atoms with van der Waals surface area (Å²) in [5.41, 5.74) is 1.48. The lowest BCUT2D eigenvalue weighted by Gasteiger charge is -2.23. The smallest absolute Gasteiger partial charge is 0.323 e. The third-order valence-electron chi connectivity index (χ3n) is 4.94. The minimum atomic E-state index is -0.431. The molecule has 6 nitrogen and oxygen atoms in total. The number of hydrogen-bond acceptors (Lipinski definition) is 5. The Kier molecular flexibility index (Phi) is 7.12. The van der Waals surface area contributed by atoms with Crippen LogP contribution in [0.3, 0.4) is 0 Å². The van der Waals surface area contributed by atoms with Crippen molar-refractivity contribution in [3.8, 4) is 5.75 Å². The number of benzene rings is 2. The molecular weight excluding hydrogens is 392 g/mol. The predicted octanol–water partition coefficient (Wildman–Crippen LogP) is 3.28. The first-order valence-corrected chi connectivity index (χ1v) is 9.98. The molecule has 0 aromatic heterocycles. The van der Waals surface area contributed by atoms with E-state index in [4.69, 9.17) is 21.1 Å². The fourth-order valence-electron chi connectivity index (χ4n) is 3.61. The molecule has 1 heterocycles. The summed E-state index contributed by atoms with van der Waals surface area (Å²) in [5.74, 6) is 0.279. The lowest BCUT2D eigenvalue weighted by Crippen LogP contribution is -2.37. The number of halogens is 1. The molecule has 154 valence electrons. The summed E-state index contributed by atoms with van der Waals surface area (Å²) >= 11 is 5.98. The van der Waals surface area contributed by atoms with E-state index in [1.165, 1.54) is 7.11 Å². The second-order valence-corrected chi connectivity index (χ2v) is 7.36. The number of likely N-dealkylation sites (tertiary alicyclic amines) is 1. The van der Waals surface area contributed by atoms with Gasteiger partial charge in [-0.2, -0.15) is 0 Å². The first-order valence-electron chi connectivity index (χ1n) is 9.60. The Labute approximate surface area is 175 Å². The molecule has 0 aliphatic carbocycles. The Bertz CT molecular complexity index is 873. The van der Waals surface area contributed by atoms with Gasteiger partial charge in [0, 0.05) is 35.3 Å². The summed E-state index contributed by atoms with van der Waals surface area (Å²) in [6.07, 6.45) is 0.482. The van der Waals surface area contributed by atoms with Gasteiger partial charge in [-0.1, -0.05) is 35.9 Å². The van der Waals surface area contributed by atoms with Crippen molar-refractivity contribution in [2.45, 2.75) is 32.0 Å². The minimum Gasteiger partial charge on any atom is -0.494 e. The van der Waals surface area contributed by atoms with Gasteiger partial charge in [-0.25, -0.2) is 0 Å². The average Bonchev–Trinajstić information content (AvgIpc) is 3.11. The number of hydrogen-bond donors (Lipinski definition) is 1. The summed E-state index contributed by atoms with van der Waals surface area (Å²) in [4.78, 5) is 26.9. The minimum absolute atomic E-state index is 0.176. The number of nitrogens with zero attached hydrogens (tertiary/aromatic N) is 1. The van der Waals surface area contributed by atoms with Crippen LogP contribution in [-0.2, 0) is 16.1 Å². The van der Waals surface area contributed by atoms with E-state index in [0.29, 0.717) is 36.7 Å². The molecule has 29 heavy (non-hydrogen) atoms. The number of para-hydroxylation sites is 1. The Hall–Kier alpha value is -2.57. The Balaban J connectivity index is 1.73. The van der Waals surface area contributed by atoms with Crippen molar-refractivity contribution in [3.63, 3.8) is 0 Å². The van der Waals surface area contributed by atoms with Crippen LogP contribution in [0.5, 0.6) is 5.75 Å². The van der Waals surface area contributed by atoms with Crippen molar-refractivity contribution in [1.29, 1.82) is 0 Å². The zero-order valence-corrected chi connectivity index (χ0v) is 17.3. The number of esters is 1. The third kappa shape index (κ3) is 5.28. The van der Waals surface area contributed by atoms with E-state index < -0.39 is 6.04 Å². The normalized spacial score (nSPS) is 19.0. The number of nitrogens with one attached hydrogen (secondary N) is 1. The van der Waals surface area contributed by atoms with E-state index in [1.807, 2.05) is 36.1 Å². The van der Waals surface area contributed by atoms with Crippen molar-refractivity contribution < 1.29 is 19.1 Å². The lowest BCUT2D eigenvalue weighted by molar-refractivity contribution is -0.146. The highest BCUT2D eigenvalue weighted by Crippen LogP contribution is 2.26. The van der Waals surface area contributed by atoms with E-state index in [9.17, 15) is 9.59 Å². The summed E-state index contributed by atoms with van der Waals surface area (Å²) in [5, 5.41) is 3.51. The van der Waals surface area contributed by atoms with Gasteiger partial charge in [0.05, 0.1) is 13.7 Å². The third-order valence-corrected chi connectivity index (χ3v) is 5.18. The van der Waals surface area contributed by atoms with Crippen LogP contribution >= 0.6 is 11.6 Å². The number of ether oxygens (including phenoxy) is 2. The van der Waals surface area contributed by atoms with Crippen LogP contribution in [0.4, 0.5) is 0 Å². The molecule has 0 spiro atoms. The first kappa shape index (κ1) is 21.1. The van der Waals surface area contributed by atoms with Crippen LogP contribution in [0.2, 0.25) is 5.02 Å². The molecule has 2 aromatic carbocycles. The van der Waals surface area contributed by atoms with Crippen LogP contribution in [0.1, 0.15) is 29.3 Å². The average molecular weight is 417 g/mol. The molecule has 3 rings (SSSR count). The van der Waals surface area contributed by atoms with Crippen LogP contribution in [0, 0.1) is 0 Å². The maximum atomic E-state index is 12.6. The molecule has 1 N–H and O–H groups in total. The zero-order valence-electron chi connectivity index (χ0n) is 16.6. The molecule has 0 radical (unpaired) electrons. The highest BCUT2D eigenvalue weighted by atomic mass is 35.5. The first-order chi connectivity index (χ1) is 14.0. The van der Waals surface area contributed by atoms with Crippen LogP contribution in [0.25, 0.3) is 0 Å². The molecule has 0 unspecified atom stereocenters. The number of carbonyl (C=O) groups excluding carboxylic acids is 2. The van der Waals surface area contributed by atoms with Gasteiger partial charge in [0.2, 0.25) is 0 Å². The topological polar surface area (TPSA) is 67.9 Å². The van der Waals surface area contributed by atoms with Crippen molar-refractivity contribution in [2.24, 2.45) is 0 Å². The van der Waals surface area contributed by atoms with E-state index >= 15 is 0 Å². The van der Waals surface area contributed by atoms with Gasteiger partial charge in [0.15, 0.2) is 0 Å². The SMILES string of the molecule is CCOc1ccccc1CN1C[C@H](NC(=O)c2cccc(Cl)c2)C[C@H]1C(=O)OC. The van der Waals surface area contributed by atoms with E-state index in [2.05, 4.69) is 5.32 Å². The molecule has 1 aliphatic heterocycles. The van der Waals surface area contributed by atoms with Crippen molar-refractivity contribution in [1.82, 2.24) is 10.2 Å². The molecular formula is C22H25ClN2O4. The Morgan fingerprint density at radius 1 is 1.21 bits per heavy atom. The number of carbonyl (C=O) groups is 2. The van der Waals surface area contributed by atoms with E-state index in [1.54, 1.807) is 24.3 Å². The maximum absolute atomic E-state index is 12.6. The van der Waals surface area contributed by atoms with Crippen molar-refractivity contribution in [2.75, 3.05) is 20.3 Å². The number of amides is 1. The molecule has 7 heteroatoms. The quantitative estimate of drug-likeness (QED) is 0.701. The highest BCUT2D eigenvalue weighted by Gasteiger charge is 2.38. The highest BCUT2D eigenvalue weighted by molar-refractivity contribution is 6.30. The summed E-state index contributed by atoms with van der Waals surface area (Å²) in [6, 6.07) is 14.0. The monoisotopic (exact) mass is 416 g/mol. The second kappa shape index (κ2) is 9.76. The summed E-state index contributed by atoms with van der Waals surface area (Å²) < 4.78 is 10.7. The van der Waals surface area contributed by atoms with E-state index in [-0.39, 0.29) is 17.9 Å². The van der Waals surface area contributed by atoms with E-state index in [0.717, 1.165) is 11.3 Å². The van der Waals surface area contributed by atoms with Gasteiger partial charge in [-0.05, 0) is 37.6 Å². The molecule has 2 aromatic rings. The molecule has 1 aliphatic rings. The second-order valence-electron chi connectivity index (χ2n) is 6.93. The van der Waals surface area contributed by atoms with Gasteiger partial charge >= 0.3 is 5.97 Å². The Morgan fingerprint density at radius 2 is 2.00 bits per heavy atom. The largest absolute Gasteiger partial charge is 0.494 e. The van der Waals surface area contributed by atoms with Gasteiger partial charge < -0.3 is 14.8 Å². The van der Waals surface area contributed by atoms with Gasteiger partial charge in [-0.3, -0.25) is 14.5 Å². The molecule has 0 bridgehead atoms. The lowest BCUT2D eigenvalue weighted by atomic mass is 10.1. The number of rotatable bonds is 7. The van der Waals surface area contributed by atoms with Crippen LogP contribution < -0.4 is 10.1 Å². The van der Waals surface area contributed by atoms with Crippen molar-refractivity contribution >= 4 is 23.5 Å². The molecule has 0 saturated carbocycles. The summed E-state index contributed by atoms with van der Waals surface area (Å²) in [6.45, 7) is 3.56. The molecule has 1 saturated heterocycles. The predicted molar refractivity (Wildman–Crippen MR) is 111 cm³/mol.